The highest BCUT2D eigenvalue weighted by Crippen LogP contribution is 2.38. The fourth-order valence-electron chi connectivity index (χ4n) is 2.40. The Balaban J connectivity index is 2.49. The first-order valence-corrected chi connectivity index (χ1v) is 6.07. The summed E-state index contributed by atoms with van der Waals surface area (Å²) in [7, 11) is 0. The molecular formula is C12H11F3N2O4. The Kier molecular flexibility index (Phi) is 3.75. The minimum atomic E-state index is -4.69. The first-order chi connectivity index (χ1) is 9.71. The summed E-state index contributed by atoms with van der Waals surface area (Å²) in [5.41, 5.74) is -1.97. The smallest absolute Gasteiger partial charge is 0.416 e. The van der Waals surface area contributed by atoms with Gasteiger partial charge in [-0.15, -0.1) is 0 Å². The van der Waals surface area contributed by atoms with Crippen LogP contribution in [0.2, 0.25) is 0 Å². The summed E-state index contributed by atoms with van der Waals surface area (Å²) in [6.07, 6.45) is -3.89. The van der Waals surface area contributed by atoms with E-state index in [4.69, 9.17) is 5.11 Å². The summed E-state index contributed by atoms with van der Waals surface area (Å²) < 4.78 is 37.8. The van der Waals surface area contributed by atoms with Crippen LogP contribution in [-0.4, -0.2) is 28.6 Å². The van der Waals surface area contributed by atoms with E-state index < -0.39 is 34.4 Å². The molecule has 9 heteroatoms. The maximum atomic E-state index is 12.6. The van der Waals surface area contributed by atoms with Crippen LogP contribution in [0.15, 0.2) is 18.2 Å². The average Bonchev–Trinajstić information content (AvgIpc) is 2.85. The van der Waals surface area contributed by atoms with Crippen molar-refractivity contribution in [2.24, 2.45) is 0 Å². The molecule has 0 unspecified atom stereocenters. The van der Waals surface area contributed by atoms with E-state index in [2.05, 4.69) is 0 Å². The highest BCUT2D eigenvalue weighted by molar-refractivity contribution is 5.81. The van der Waals surface area contributed by atoms with Crippen LogP contribution in [0.3, 0.4) is 0 Å². The van der Waals surface area contributed by atoms with E-state index in [1.165, 1.54) is 4.90 Å². The van der Waals surface area contributed by atoms with Crippen molar-refractivity contribution in [3.05, 3.63) is 33.9 Å². The zero-order chi connectivity index (χ0) is 15.8. The molecule has 0 amide bonds. The Labute approximate surface area is 116 Å². The van der Waals surface area contributed by atoms with Crippen molar-refractivity contribution >= 4 is 17.3 Å². The number of nitro benzene ring substituents is 1. The maximum Gasteiger partial charge on any atom is 0.416 e. The standard InChI is InChI=1S/C12H11F3N2O4/c13-12(14,15)7-3-4-8(10(6-7)17(20)21)16-5-1-2-9(16)11(18)19/h3-4,6,9H,1-2,5H2,(H,18,19)/t9-/m0/s1. The number of hydrogen-bond acceptors (Lipinski definition) is 4. The fraction of sp³-hybridized carbons (Fsp3) is 0.417. The molecule has 1 atom stereocenters. The zero-order valence-corrected chi connectivity index (χ0v) is 10.6. The van der Waals surface area contributed by atoms with Gasteiger partial charge in [0.05, 0.1) is 10.5 Å². The second kappa shape index (κ2) is 5.23. The van der Waals surface area contributed by atoms with Crippen LogP contribution in [0.25, 0.3) is 0 Å². The topological polar surface area (TPSA) is 83.7 Å². The second-order valence-electron chi connectivity index (χ2n) is 4.65. The number of anilines is 1. The van der Waals surface area contributed by atoms with Crippen LogP contribution < -0.4 is 4.90 Å². The van der Waals surface area contributed by atoms with E-state index in [1.54, 1.807) is 0 Å². The number of halogens is 3. The van der Waals surface area contributed by atoms with Crippen molar-refractivity contribution in [2.75, 3.05) is 11.4 Å². The third kappa shape index (κ3) is 2.91. The molecule has 1 aromatic rings. The van der Waals surface area contributed by atoms with Crippen molar-refractivity contribution in [1.29, 1.82) is 0 Å². The Morgan fingerprint density at radius 1 is 1.43 bits per heavy atom. The van der Waals surface area contributed by atoms with Gasteiger partial charge in [0.1, 0.15) is 11.7 Å². The van der Waals surface area contributed by atoms with Gasteiger partial charge in [-0.1, -0.05) is 0 Å². The van der Waals surface area contributed by atoms with Crippen LogP contribution in [0.1, 0.15) is 18.4 Å². The van der Waals surface area contributed by atoms with Crippen molar-refractivity contribution in [3.63, 3.8) is 0 Å². The summed E-state index contributed by atoms with van der Waals surface area (Å²) >= 11 is 0. The molecule has 1 aliphatic rings. The molecule has 21 heavy (non-hydrogen) atoms. The summed E-state index contributed by atoms with van der Waals surface area (Å²) in [6, 6.07) is 1.16. The molecule has 0 aliphatic carbocycles. The number of rotatable bonds is 3. The third-order valence-electron chi connectivity index (χ3n) is 3.35. The quantitative estimate of drug-likeness (QED) is 0.685. The third-order valence-corrected chi connectivity index (χ3v) is 3.35. The van der Waals surface area contributed by atoms with E-state index in [9.17, 15) is 28.1 Å². The number of nitro groups is 1. The summed E-state index contributed by atoms with van der Waals surface area (Å²) in [5, 5.41) is 20.1. The second-order valence-corrected chi connectivity index (χ2v) is 4.65. The van der Waals surface area contributed by atoms with Gasteiger partial charge >= 0.3 is 12.1 Å². The molecule has 2 rings (SSSR count). The molecule has 6 nitrogen and oxygen atoms in total. The number of benzene rings is 1. The van der Waals surface area contributed by atoms with Gasteiger partial charge in [0, 0.05) is 12.6 Å². The van der Waals surface area contributed by atoms with E-state index in [1.807, 2.05) is 0 Å². The molecule has 1 N–H and O–H groups in total. The van der Waals surface area contributed by atoms with E-state index in [-0.39, 0.29) is 12.2 Å². The molecule has 0 spiro atoms. The molecule has 1 fully saturated rings. The maximum absolute atomic E-state index is 12.6. The number of carboxylic acids is 1. The monoisotopic (exact) mass is 304 g/mol. The molecular weight excluding hydrogens is 293 g/mol. The molecule has 0 radical (unpaired) electrons. The number of aliphatic carboxylic acids is 1. The lowest BCUT2D eigenvalue weighted by atomic mass is 10.1. The Morgan fingerprint density at radius 2 is 2.10 bits per heavy atom. The van der Waals surface area contributed by atoms with Crippen molar-refractivity contribution in [1.82, 2.24) is 0 Å². The zero-order valence-electron chi connectivity index (χ0n) is 10.6. The van der Waals surface area contributed by atoms with Crippen LogP contribution in [0.5, 0.6) is 0 Å². The van der Waals surface area contributed by atoms with Gasteiger partial charge < -0.3 is 10.0 Å². The molecule has 1 aliphatic heterocycles. The number of nitrogens with zero attached hydrogens (tertiary/aromatic N) is 2. The van der Waals surface area contributed by atoms with E-state index >= 15 is 0 Å². The minimum Gasteiger partial charge on any atom is -0.480 e. The van der Waals surface area contributed by atoms with Gasteiger partial charge in [-0.3, -0.25) is 10.1 Å². The molecule has 114 valence electrons. The van der Waals surface area contributed by atoms with Gasteiger partial charge in [-0.05, 0) is 25.0 Å². The lowest BCUT2D eigenvalue weighted by molar-refractivity contribution is -0.384. The van der Waals surface area contributed by atoms with E-state index in [0.29, 0.717) is 18.9 Å². The lowest BCUT2D eigenvalue weighted by Gasteiger charge is -2.23. The highest BCUT2D eigenvalue weighted by Gasteiger charge is 2.37. The highest BCUT2D eigenvalue weighted by atomic mass is 19.4. The minimum absolute atomic E-state index is 0.0992. The molecule has 1 aromatic carbocycles. The van der Waals surface area contributed by atoms with Crippen molar-refractivity contribution < 1.29 is 28.0 Å². The predicted molar refractivity (Wildman–Crippen MR) is 66.1 cm³/mol. The Morgan fingerprint density at radius 3 is 2.62 bits per heavy atom. The first-order valence-electron chi connectivity index (χ1n) is 6.07. The normalized spacial score (nSPS) is 18.8. The summed E-state index contributed by atoms with van der Waals surface area (Å²) in [5.74, 6) is -1.15. The Bertz CT molecular complexity index is 588. The number of carbonyl (C=O) groups is 1. The van der Waals surface area contributed by atoms with Crippen molar-refractivity contribution in [2.45, 2.75) is 25.1 Å². The summed E-state index contributed by atoms with van der Waals surface area (Å²) in [6.45, 7) is 0.253. The van der Waals surface area contributed by atoms with E-state index in [0.717, 1.165) is 12.1 Å². The predicted octanol–water partition coefficient (Wildman–Crippen LogP) is 2.67. The lowest BCUT2D eigenvalue weighted by Crippen LogP contribution is -2.36. The van der Waals surface area contributed by atoms with Gasteiger partial charge in [-0.2, -0.15) is 13.2 Å². The fourth-order valence-corrected chi connectivity index (χ4v) is 2.40. The van der Waals surface area contributed by atoms with Gasteiger partial charge in [0.15, 0.2) is 0 Å². The molecule has 0 saturated carbocycles. The SMILES string of the molecule is O=C(O)[C@@H]1CCCN1c1ccc(C(F)(F)F)cc1[N+](=O)[O-]. The van der Waals surface area contributed by atoms with Gasteiger partial charge in [0.25, 0.3) is 5.69 Å². The molecule has 0 bridgehead atoms. The van der Waals surface area contributed by atoms with Crippen LogP contribution in [-0.2, 0) is 11.0 Å². The van der Waals surface area contributed by atoms with Gasteiger partial charge in [0.2, 0.25) is 0 Å². The summed E-state index contributed by atoms with van der Waals surface area (Å²) in [4.78, 5) is 22.4. The van der Waals surface area contributed by atoms with Crippen LogP contribution >= 0.6 is 0 Å². The largest absolute Gasteiger partial charge is 0.480 e. The number of carboxylic acid groups (broad SMARTS) is 1. The number of alkyl halides is 3. The van der Waals surface area contributed by atoms with Crippen molar-refractivity contribution in [3.8, 4) is 0 Å². The van der Waals surface area contributed by atoms with Gasteiger partial charge in [-0.25, -0.2) is 4.79 Å². The Hall–Kier alpha value is -2.32. The average molecular weight is 304 g/mol. The molecule has 1 heterocycles. The molecule has 0 aromatic heterocycles. The first kappa shape index (κ1) is 15.1. The van der Waals surface area contributed by atoms with Crippen LogP contribution in [0, 0.1) is 10.1 Å². The number of hydrogen-bond donors (Lipinski definition) is 1. The molecule has 1 saturated heterocycles. The van der Waals surface area contributed by atoms with Crippen LogP contribution in [0.4, 0.5) is 24.5 Å².